The van der Waals surface area contributed by atoms with Gasteiger partial charge in [-0.15, -0.1) is 0 Å². The second-order valence-electron chi connectivity index (χ2n) is 4.92. The molecule has 0 aromatic carbocycles. The molecule has 0 aromatic rings. The monoisotopic (exact) mass is 229 g/mol. The zero-order valence-corrected chi connectivity index (χ0v) is 9.95. The summed E-state index contributed by atoms with van der Waals surface area (Å²) in [7, 11) is 0. The van der Waals surface area contributed by atoms with Crippen LogP contribution in [-0.2, 0) is 9.53 Å². The van der Waals surface area contributed by atoms with E-state index in [-0.39, 0.29) is 17.9 Å². The summed E-state index contributed by atoms with van der Waals surface area (Å²) in [5, 5.41) is 0. The van der Waals surface area contributed by atoms with Crippen LogP contribution in [0, 0.1) is 5.92 Å². The number of nitrogens with two attached hydrogens (primary N) is 1. The highest BCUT2D eigenvalue weighted by atomic mass is 16.6. The number of nitrogens with one attached hydrogen (secondary N) is 1. The third-order valence-electron chi connectivity index (χ3n) is 2.35. The molecule has 92 valence electrons. The topological polar surface area (TPSA) is 84.7 Å². The van der Waals surface area contributed by atoms with Gasteiger partial charge in [0.05, 0.1) is 5.92 Å². The van der Waals surface area contributed by atoms with Gasteiger partial charge in [-0.25, -0.2) is 10.6 Å². The van der Waals surface area contributed by atoms with E-state index in [2.05, 4.69) is 5.43 Å². The molecular weight excluding hydrogens is 210 g/mol. The van der Waals surface area contributed by atoms with Gasteiger partial charge in [0.15, 0.2) is 0 Å². The summed E-state index contributed by atoms with van der Waals surface area (Å²) >= 11 is 0. The van der Waals surface area contributed by atoms with E-state index in [1.165, 1.54) is 4.90 Å². The summed E-state index contributed by atoms with van der Waals surface area (Å²) in [6.07, 6.45) is 0.252. The number of hydrazine groups is 1. The Bertz CT molecular complexity index is 286. The largest absolute Gasteiger partial charge is 0.444 e. The lowest BCUT2D eigenvalue weighted by Crippen LogP contribution is -2.39. The van der Waals surface area contributed by atoms with Crippen LogP contribution in [0.1, 0.15) is 27.2 Å². The van der Waals surface area contributed by atoms with Crippen molar-refractivity contribution in [1.29, 1.82) is 0 Å². The molecule has 1 aliphatic heterocycles. The highest BCUT2D eigenvalue weighted by Gasteiger charge is 2.32. The van der Waals surface area contributed by atoms with E-state index in [1.54, 1.807) is 0 Å². The summed E-state index contributed by atoms with van der Waals surface area (Å²) in [4.78, 5) is 24.4. The highest BCUT2D eigenvalue weighted by Crippen LogP contribution is 2.19. The fourth-order valence-corrected chi connectivity index (χ4v) is 1.58. The van der Waals surface area contributed by atoms with Gasteiger partial charge >= 0.3 is 6.09 Å². The molecule has 1 rings (SSSR count). The smallest absolute Gasteiger partial charge is 0.410 e. The van der Waals surface area contributed by atoms with Crippen LogP contribution in [0.3, 0.4) is 0 Å². The number of rotatable bonds is 1. The molecule has 2 amide bonds. The van der Waals surface area contributed by atoms with Crippen LogP contribution in [0.25, 0.3) is 0 Å². The van der Waals surface area contributed by atoms with Gasteiger partial charge in [0.2, 0.25) is 5.91 Å². The van der Waals surface area contributed by atoms with Crippen molar-refractivity contribution in [2.45, 2.75) is 32.8 Å². The highest BCUT2D eigenvalue weighted by molar-refractivity contribution is 5.80. The van der Waals surface area contributed by atoms with Crippen LogP contribution < -0.4 is 11.3 Å². The Balaban J connectivity index is 2.47. The minimum absolute atomic E-state index is 0.225. The Hall–Kier alpha value is -1.30. The molecule has 0 aromatic heterocycles. The Labute approximate surface area is 95.1 Å². The van der Waals surface area contributed by atoms with Gasteiger partial charge in [-0.2, -0.15) is 0 Å². The molecule has 1 saturated heterocycles. The van der Waals surface area contributed by atoms with Gasteiger partial charge in [0.1, 0.15) is 5.60 Å². The maximum atomic E-state index is 11.7. The van der Waals surface area contributed by atoms with Crippen LogP contribution in [-0.4, -0.2) is 35.6 Å². The normalized spacial score (nSPS) is 20.8. The SMILES string of the molecule is CC(C)(C)OC(=O)N1CCC(C(=O)NN)C1. The number of carbonyl (C=O) groups is 2. The van der Waals surface area contributed by atoms with Crippen molar-refractivity contribution in [3.05, 3.63) is 0 Å². The third-order valence-corrected chi connectivity index (χ3v) is 2.35. The standard InChI is InChI=1S/C10H19N3O3/c1-10(2,3)16-9(15)13-5-4-7(6-13)8(14)12-11/h7H,4-6,11H2,1-3H3,(H,12,14). The molecule has 0 spiro atoms. The van der Waals surface area contributed by atoms with E-state index in [0.29, 0.717) is 19.5 Å². The van der Waals surface area contributed by atoms with Crippen molar-refractivity contribution in [3.63, 3.8) is 0 Å². The predicted molar refractivity (Wildman–Crippen MR) is 58.2 cm³/mol. The maximum Gasteiger partial charge on any atom is 0.410 e. The lowest BCUT2D eigenvalue weighted by Gasteiger charge is -2.24. The summed E-state index contributed by atoms with van der Waals surface area (Å²) < 4.78 is 5.21. The van der Waals surface area contributed by atoms with Gasteiger partial charge in [-0.05, 0) is 27.2 Å². The molecule has 1 unspecified atom stereocenters. The zero-order valence-electron chi connectivity index (χ0n) is 9.95. The van der Waals surface area contributed by atoms with Crippen LogP contribution in [0.4, 0.5) is 4.79 Å². The van der Waals surface area contributed by atoms with Gasteiger partial charge in [0.25, 0.3) is 0 Å². The van der Waals surface area contributed by atoms with Gasteiger partial charge in [0, 0.05) is 13.1 Å². The lowest BCUT2D eigenvalue weighted by molar-refractivity contribution is -0.124. The van der Waals surface area contributed by atoms with E-state index in [9.17, 15) is 9.59 Å². The zero-order chi connectivity index (χ0) is 12.3. The molecule has 0 aliphatic carbocycles. The Morgan fingerprint density at radius 1 is 1.44 bits per heavy atom. The van der Waals surface area contributed by atoms with Crippen molar-refractivity contribution in [1.82, 2.24) is 10.3 Å². The fraction of sp³-hybridized carbons (Fsp3) is 0.800. The van der Waals surface area contributed by atoms with Crippen molar-refractivity contribution in [3.8, 4) is 0 Å². The molecule has 0 bridgehead atoms. The molecule has 6 nitrogen and oxygen atoms in total. The first kappa shape index (κ1) is 12.8. The Morgan fingerprint density at radius 2 is 2.06 bits per heavy atom. The molecular formula is C10H19N3O3. The summed E-state index contributed by atoms with van der Waals surface area (Å²) in [5.74, 6) is 4.59. The number of amides is 2. The van der Waals surface area contributed by atoms with Crippen LogP contribution in [0.15, 0.2) is 0 Å². The fourth-order valence-electron chi connectivity index (χ4n) is 1.58. The number of nitrogens with zero attached hydrogens (tertiary/aromatic N) is 1. The lowest BCUT2D eigenvalue weighted by atomic mass is 10.1. The molecule has 0 saturated carbocycles. The molecule has 3 N–H and O–H groups in total. The first-order chi connectivity index (χ1) is 7.33. The second-order valence-corrected chi connectivity index (χ2v) is 4.92. The average molecular weight is 229 g/mol. The van der Waals surface area contributed by atoms with Crippen LogP contribution >= 0.6 is 0 Å². The molecule has 16 heavy (non-hydrogen) atoms. The number of carbonyl (C=O) groups excluding carboxylic acids is 2. The van der Waals surface area contributed by atoms with E-state index in [0.717, 1.165) is 0 Å². The molecule has 1 atom stereocenters. The van der Waals surface area contributed by atoms with Crippen molar-refractivity contribution in [2.24, 2.45) is 11.8 Å². The number of ether oxygens (including phenoxy) is 1. The van der Waals surface area contributed by atoms with E-state index in [1.807, 2.05) is 20.8 Å². The molecule has 1 heterocycles. The van der Waals surface area contributed by atoms with Crippen LogP contribution in [0.2, 0.25) is 0 Å². The second kappa shape index (κ2) is 4.69. The minimum atomic E-state index is -0.509. The first-order valence-electron chi connectivity index (χ1n) is 5.32. The predicted octanol–water partition coefficient (Wildman–Crippen LogP) is 0.233. The van der Waals surface area contributed by atoms with Crippen molar-refractivity contribution >= 4 is 12.0 Å². The summed E-state index contributed by atoms with van der Waals surface area (Å²) in [6, 6.07) is 0. The van der Waals surface area contributed by atoms with Crippen molar-refractivity contribution in [2.75, 3.05) is 13.1 Å². The molecule has 1 aliphatic rings. The Kier molecular flexibility index (Phi) is 3.74. The average Bonchev–Trinajstić information content (AvgIpc) is 2.62. The van der Waals surface area contributed by atoms with Gasteiger partial charge < -0.3 is 9.64 Å². The quantitative estimate of drug-likeness (QED) is 0.383. The number of hydrogen-bond acceptors (Lipinski definition) is 4. The molecule has 0 radical (unpaired) electrons. The van der Waals surface area contributed by atoms with E-state index in [4.69, 9.17) is 10.6 Å². The minimum Gasteiger partial charge on any atom is -0.444 e. The van der Waals surface area contributed by atoms with Crippen LogP contribution in [0.5, 0.6) is 0 Å². The first-order valence-corrected chi connectivity index (χ1v) is 5.32. The number of likely N-dealkylation sites (tertiary alicyclic amines) is 1. The van der Waals surface area contributed by atoms with Gasteiger partial charge in [-0.1, -0.05) is 0 Å². The van der Waals surface area contributed by atoms with Crippen molar-refractivity contribution < 1.29 is 14.3 Å². The van der Waals surface area contributed by atoms with E-state index >= 15 is 0 Å². The summed E-state index contributed by atoms with van der Waals surface area (Å²) in [6.45, 7) is 6.34. The van der Waals surface area contributed by atoms with Gasteiger partial charge in [-0.3, -0.25) is 10.2 Å². The molecule has 6 heteroatoms. The molecule has 1 fully saturated rings. The summed E-state index contributed by atoms with van der Waals surface area (Å²) in [5.41, 5.74) is 1.59. The maximum absolute atomic E-state index is 11.7. The Morgan fingerprint density at radius 3 is 2.56 bits per heavy atom. The van der Waals surface area contributed by atoms with E-state index < -0.39 is 5.60 Å². The third kappa shape index (κ3) is 3.37. The number of hydrogen-bond donors (Lipinski definition) is 2.